The summed E-state index contributed by atoms with van der Waals surface area (Å²) in [6.45, 7) is 3.58. The van der Waals surface area contributed by atoms with Gasteiger partial charge in [-0.05, 0) is 25.5 Å². The van der Waals surface area contributed by atoms with E-state index in [1.807, 2.05) is 0 Å². The standard InChI is InChI=1S/C13H13NO5S/c1-3-19-13(18)10-7(2)6-20-11-8(12(16)17)4-5-9(15)14(10)11/h4-5H,3,6H2,1-2H3,(H,16,17). The Bertz CT molecular complexity index is 674. The molecule has 0 bridgehead atoms. The van der Waals surface area contributed by atoms with Crippen LogP contribution < -0.4 is 5.56 Å². The molecule has 1 aromatic rings. The summed E-state index contributed by atoms with van der Waals surface area (Å²) in [5.41, 5.74) is 0.364. The number of ether oxygens (including phenoxy) is 1. The highest BCUT2D eigenvalue weighted by atomic mass is 32.2. The number of esters is 1. The Morgan fingerprint density at radius 1 is 1.45 bits per heavy atom. The number of thioether (sulfide) groups is 1. The Morgan fingerprint density at radius 3 is 2.75 bits per heavy atom. The molecule has 6 nitrogen and oxygen atoms in total. The van der Waals surface area contributed by atoms with Gasteiger partial charge in [0, 0.05) is 11.8 Å². The van der Waals surface area contributed by atoms with E-state index in [0.29, 0.717) is 11.3 Å². The van der Waals surface area contributed by atoms with Gasteiger partial charge in [0.25, 0.3) is 5.56 Å². The van der Waals surface area contributed by atoms with Gasteiger partial charge in [-0.25, -0.2) is 9.59 Å². The minimum atomic E-state index is -1.14. The molecule has 0 saturated carbocycles. The van der Waals surface area contributed by atoms with Gasteiger partial charge in [-0.3, -0.25) is 9.36 Å². The van der Waals surface area contributed by atoms with Crippen LogP contribution in [0.1, 0.15) is 24.2 Å². The summed E-state index contributed by atoms with van der Waals surface area (Å²) >= 11 is 1.22. The van der Waals surface area contributed by atoms with Crippen LogP contribution in [0.4, 0.5) is 0 Å². The van der Waals surface area contributed by atoms with Crippen LogP contribution in [0.3, 0.4) is 0 Å². The predicted octanol–water partition coefficient (Wildman–Crippen LogP) is 1.45. The Labute approximate surface area is 119 Å². The van der Waals surface area contributed by atoms with E-state index < -0.39 is 17.5 Å². The number of carboxylic acids is 1. The van der Waals surface area contributed by atoms with E-state index in [-0.39, 0.29) is 22.9 Å². The molecule has 0 aliphatic carbocycles. The molecule has 106 valence electrons. The van der Waals surface area contributed by atoms with E-state index in [9.17, 15) is 14.4 Å². The van der Waals surface area contributed by atoms with Crippen molar-refractivity contribution in [2.45, 2.75) is 18.9 Å². The first-order valence-electron chi connectivity index (χ1n) is 5.96. The van der Waals surface area contributed by atoms with Gasteiger partial charge in [-0.15, -0.1) is 11.8 Å². The molecule has 0 fully saturated rings. The second-order valence-corrected chi connectivity index (χ2v) is 5.13. The Balaban J connectivity index is 2.70. The van der Waals surface area contributed by atoms with Crippen molar-refractivity contribution in [2.75, 3.05) is 12.4 Å². The molecular formula is C13H13NO5S. The van der Waals surface area contributed by atoms with Gasteiger partial charge in [0.2, 0.25) is 0 Å². The molecule has 7 heteroatoms. The number of fused-ring (bicyclic) bond motifs is 1. The number of hydrogen-bond acceptors (Lipinski definition) is 5. The predicted molar refractivity (Wildman–Crippen MR) is 73.9 cm³/mol. The average molecular weight is 295 g/mol. The van der Waals surface area contributed by atoms with Crippen molar-refractivity contribution in [3.63, 3.8) is 0 Å². The highest BCUT2D eigenvalue weighted by Gasteiger charge is 2.28. The lowest BCUT2D eigenvalue weighted by Gasteiger charge is -2.22. The summed E-state index contributed by atoms with van der Waals surface area (Å²) in [6.07, 6.45) is 0. The first kappa shape index (κ1) is 14.4. The monoisotopic (exact) mass is 295 g/mol. The molecule has 0 atom stereocenters. The van der Waals surface area contributed by atoms with Gasteiger partial charge in [-0.2, -0.15) is 0 Å². The minimum Gasteiger partial charge on any atom is -0.478 e. The van der Waals surface area contributed by atoms with Crippen molar-refractivity contribution >= 4 is 29.4 Å². The Hall–Kier alpha value is -2.02. The van der Waals surface area contributed by atoms with Crippen molar-refractivity contribution in [1.82, 2.24) is 4.57 Å². The maximum Gasteiger partial charge on any atom is 0.355 e. The van der Waals surface area contributed by atoms with Crippen molar-refractivity contribution in [2.24, 2.45) is 0 Å². The number of rotatable bonds is 3. The number of carbonyl (C=O) groups is 2. The number of carbonyl (C=O) groups excluding carboxylic acids is 1. The van der Waals surface area contributed by atoms with Crippen LogP contribution in [-0.2, 0) is 9.53 Å². The van der Waals surface area contributed by atoms with Crippen molar-refractivity contribution in [3.8, 4) is 0 Å². The lowest BCUT2D eigenvalue weighted by atomic mass is 10.2. The highest BCUT2D eigenvalue weighted by molar-refractivity contribution is 7.99. The number of aromatic nitrogens is 1. The van der Waals surface area contributed by atoms with Gasteiger partial charge in [0.05, 0.1) is 17.2 Å². The van der Waals surface area contributed by atoms with E-state index in [0.717, 1.165) is 10.6 Å². The van der Waals surface area contributed by atoms with E-state index in [2.05, 4.69) is 0 Å². The first-order chi connectivity index (χ1) is 9.47. The van der Waals surface area contributed by atoms with Crippen LogP contribution in [-0.4, -0.2) is 34.0 Å². The fourth-order valence-corrected chi connectivity index (χ4v) is 3.05. The molecule has 2 rings (SSSR count). The van der Waals surface area contributed by atoms with Gasteiger partial charge >= 0.3 is 11.9 Å². The normalized spacial score (nSPS) is 13.9. The average Bonchev–Trinajstić information content (AvgIpc) is 2.39. The molecule has 0 radical (unpaired) electrons. The van der Waals surface area contributed by atoms with Crippen LogP contribution in [0.25, 0.3) is 5.70 Å². The van der Waals surface area contributed by atoms with E-state index in [1.54, 1.807) is 13.8 Å². The number of hydrogen-bond donors (Lipinski definition) is 1. The van der Waals surface area contributed by atoms with Crippen LogP contribution >= 0.6 is 11.8 Å². The Morgan fingerprint density at radius 2 is 2.15 bits per heavy atom. The number of aromatic carboxylic acids is 1. The summed E-state index contributed by atoms with van der Waals surface area (Å²) in [6, 6.07) is 2.40. The van der Waals surface area contributed by atoms with Gasteiger partial charge in [0.1, 0.15) is 5.70 Å². The second-order valence-electron chi connectivity index (χ2n) is 4.17. The highest BCUT2D eigenvalue weighted by Crippen LogP contribution is 2.32. The first-order valence-corrected chi connectivity index (χ1v) is 6.95. The zero-order chi connectivity index (χ0) is 14.9. The van der Waals surface area contributed by atoms with Crippen molar-refractivity contribution in [1.29, 1.82) is 0 Å². The maximum absolute atomic E-state index is 12.0. The minimum absolute atomic E-state index is 0.00361. The fourth-order valence-electron chi connectivity index (χ4n) is 1.94. The number of pyridine rings is 1. The second kappa shape index (κ2) is 5.54. The molecular weight excluding hydrogens is 282 g/mol. The smallest absolute Gasteiger partial charge is 0.355 e. The third-order valence-corrected chi connectivity index (χ3v) is 4.05. The zero-order valence-corrected chi connectivity index (χ0v) is 11.8. The van der Waals surface area contributed by atoms with Crippen molar-refractivity contribution in [3.05, 3.63) is 33.6 Å². The molecule has 0 spiro atoms. The van der Waals surface area contributed by atoms with Crippen LogP contribution in [0.2, 0.25) is 0 Å². The van der Waals surface area contributed by atoms with Gasteiger partial charge < -0.3 is 9.84 Å². The number of nitrogens with zero attached hydrogens (tertiary/aromatic N) is 1. The molecule has 0 saturated heterocycles. The lowest BCUT2D eigenvalue weighted by Crippen LogP contribution is -2.30. The summed E-state index contributed by atoms with van der Waals surface area (Å²) in [5, 5.41) is 9.43. The SMILES string of the molecule is CCOC(=O)C1=C(C)CSc2c(C(=O)O)ccc(=O)n21. The van der Waals surface area contributed by atoms with Crippen LogP contribution in [0, 0.1) is 0 Å². The zero-order valence-electron chi connectivity index (χ0n) is 11.0. The summed E-state index contributed by atoms with van der Waals surface area (Å²) in [7, 11) is 0. The van der Waals surface area contributed by atoms with Crippen LogP contribution in [0.5, 0.6) is 0 Å². The van der Waals surface area contributed by atoms with Crippen LogP contribution in [0.15, 0.2) is 27.5 Å². The number of carboxylic acid groups (broad SMARTS) is 1. The molecule has 1 aromatic heterocycles. The van der Waals surface area contributed by atoms with Gasteiger partial charge in [-0.1, -0.05) is 0 Å². The largest absolute Gasteiger partial charge is 0.478 e. The molecule has 1 aliphatic heterocycles. The molecule has 1 N–H and O–H groups in total. The summed E-state index contributed by atoms with van der Waals surface area (Å²) in [5.74, 6) is -1.31. The van der Waals surface area contributed by atoms with E-state index >= 15 is 0 Å². The maximum atomic E-state index is 12.0. The summed E-state index contributed by atoms with van der Waals surface area (Å²) < 4.78 is 6.08. The molecule has 0 amide bonds. The molecule has 1 aliphatic rings. The molecule has 2 heterocycles. The third-order valence-electron chi connectivity index (χ3n) is 2.80. The molecule has 0 aromatic carbocycles. The lowest BCUT2D eigenvalue weighted by molar-refractivity contribution is -0.136. The molecule has 20 heavy (non-hydrogen) atoms. The van der Waals surface area contributed by atoms with E-state index in [1.165, 1.54) is 17.8 Å². The van der Waals surface area contributed by atoms with Gasteiger partial charge in [0.15, 0.2) is 0 Å². The Kier molecular flexibility index (Phi) is 3.99. The molecule has 0 unspecified atom stereocenters. The fraction of sp³-hybridized carbons (Fsp3) is 0.308. The van der Waals surface area contributed by atoms with E-state index in [4.69, 9.17) is 9.84 Å². The quantitative estimate of drug-likeness (QED) is 0.849. The third kappa shape index (κ3) is 2.36. The van der Waals surface area contributed by atoms with Crippen molar-refractivity contribution < 1.29 is 19.4 Å². The topological polar surface area (TPSA) is 85.6 Å². The summed E-state index contributed by atoms with van der Waals surface area (Å²) in [4.78, 5) is 35.2.